The third-order valence-electron chi connectivity index (χ3n) is 5.39. The van der Waals surface area contributed by atoms with Crippen LogP contribution in [0.3, 0.4) is 0 Å². The van der Waals surface area contributed by atoms with Crippen LogP contribution in [0, 0.1) is 0 Å². The number of Topliss-reactive ketones (excluding diaryl/α,β-unsaturated/α-hetero) is 1. The van der Waals surface area contributed by atoms with Crippen LogP contribution in [-0.4, -0.2) is 34.5 Å². The van der Waals surface area contributed by atoms with Crippen molar-refractivity contribution in [1.29, 1.82) is 0 Å². The Kier molecular flexibility index (Phi) is 6.63. The summed E-state index contributed by atoms with van der Waals surface area (Å²) in [6.45, 7) is 6.27. The highest BCUT2D eigenvalue weighted by atomic mass is 16.5. The topological polar surface area (TPSA) is 89.0 Å². The van der Waals surface area contributed by atoms with Crippen LogP contribution in [0.2, 0.25) is 0 Å². The van der Waals surface area contributed by atoms with Gasteiger partial charge in [-0.1, -0.05) is 12.1 Å². The molecule has 3 aromatic rings. The molecule has 7 nitrogen and oxygen atoms in total. The van der Waals surface area contributed by atoms with Crippen molar-refractivity contribution in [3.63, 3.8) is 0 Å². The number of carbonyl (C=O) groups is 2. The third-order valence-corrected chi connectivity index (χ3v) is 5.39. The molecule has 4 rings (SSSR count). The Balaban J connectivity index is 1.84. The van der Waals surface area contributed by atoms with Crippen LogP contribution in [0.1, 0.15) is 37.9 Å². The number of hydrogen-bond donors (Lipinski definition) is 1. The Bertz CT molecular complexity index is 1200. The smallest absolute Gasteiger partial charge is 0.300 e. The molecule has 1 aromatic heterocycles. The normalized spacial score (nSPS) is 17.3. The molecule has 0 bridgehead atoms. The summed E-state index contributed by atoms with van der Waals surface area (Å²) in [6.07, 6.45) is 3.04. The first-order chi connectivity index (χ1) is 16.4. The van der Waals surface area contributed by atoms with Gasteiger partial charge in [0.15, 0.2) is 0 Å². The standard InChI is InChI=1S/C27H26N2O5/c1-4-33-21-11-7-20(8-12-21)29-24(18-5-9-22(10-6-18)34-17(2)3)23(26(31)27(29)32)25(30)19-13-15-28-16-14-19/h5-17,24,30H,4H2,1-3H3/b25-23-. The van der Waals surface area contributed by atoms with Crippen molar-refractivity contribution in [2.24, 2.45) is 0 Å². The second-order valence-corrected chi connectivity index (χ2v) is 8.07. The minimum Gasteiger partial charge on any atom is -0.507 e. The molecule has 174 valence electrons. The number of aliphatic hydroxyl groups is 1. The summed E-state index contributed by atoms with van der Waals surface area (Å²) >= 11 is 0. The van der Waals surface area contributed by atoms with Gasteiger partial charge in [-0.3, -0.25) is 19.5 Å². The fraction of sp³-hybridized carbons (Fsp3) is 0.222. The number of rotatable bonds is 7. The Hall–Kier alpha value is -4.13. The molecule has 1 aliphatic heterocycles. The zero-order valence-corrected chi connectivity index (χ0v) is 19.3. The molecule has 1 amide bonds. The van der Waals surface area contributed by atoms with Crippen molar-refractivity contribution in [3.05, 3.63) is 89.8 Å². The molecule has 1 N–H and O–H groups in total. The van der Waals surface area contributed by atoms with Gasteiger partial charge in [0.2, 0.25) is 0 Å². The minimum absolute atomic E-state index is 0.00651. The summed E-state index contributed by atoms with van der Waals surface area (Å²) in [5, 5.41) is 11.1. The maximum Gasteiger partial charge on any atom is 0.300 e. The van der Waals surface area contributed by atoms with Gasteiger partial charge in [-0.15, -0.1) is 0 Å². The van der Waals surface area contributed by atoms with Gasteiger partial charge in [-0.25, -0.2) is 0 Å². The number of aromatic nitrogens is 1. The highest BCUT2D eigenvalue weighted by Gasteiger charge is 2.47. The lowest BCUT2D eigenvalue weighted by atomic mass is 9.95. The molecule has 0 aliphatic carbocycles. The van der Waals surface area contributed by atoms with E-state index in [-0.39, 0.29) is 17.4 Å². The Morgan fingerprint density at radius 2 is 1.59 bits per heavy atom. The van der Waals surface area contributed by atoms with Crippen molar-refractivity contribution < 1.29 is 24.2 Å². The predicted octanol–water partition coefficient (Wildman–Crippen LogP) is 4.89. The van der Waals surface area contributed by atoms with Gasteiger partial charge in [-0.2, -0.15) is 0 Å². The SMILES string of the molecule is CCOc1ccc(N2C(=O)C(=O)/C(=C(\O)c3ccncc3)C2c2ccc(OC(C)C)cc2)cc1. The first kappa shape index (κ1) is 23.0. The van der Waals surface area contributed by atoms with E-state index in [1.165, 1.54) is 17.3 Å². The second kappa shape index (κ2) is 9.79. The maximum atomic E-state index is 13.2. The van der Waals surface area contributed by atoms with E-state index in [4.69, 9.17) is 9.47 Å². The van der Waals surface area contributed by atoms with Crippen LogP contribution in [0.25, 0.3) is 5.76 Å². The van der Waals surface area contributed by atoms with Crippen LogP contribution >= 0.6 is 0 Å². The van der Waals surface area contributed by atoms with Gasteiger partial charge in [0, 0.05) is 23.6 Å². The number of benzene rings is 2. The molecule has 1 atom stereocenters. The van der Waals surface area contributed by atoms with Crippen molar-refractivity contribution >= 4 is 23.1 Å². The fourth-order valence-corrected chi connectivity index (χ4v) is 3.95. The zero-order valence-electron chi connectivity index (χ0n) is 19.3. The minimum atomic E-state index is -0.820. The highest BCUT2D eigenvalue weighted by molar-refractivity contribution is 6.51. The molecule has 1 unspecified atom stereocenters. The number of carbonyl (C=O) groups excluding carboxylic acids is 2. The summed E-state index contributed by atoms with van der Waals surface area (Å²) in [5.74, 6) is -0.387. The lowest BCUT2D eigenvalue weighted by Gasteiger charge is -2.26. The number of ether oxygens (including phenoxy) is 2. The van der Waals surface area contributed by atoms with E-state index in [9.17, 15) is 14.7 Å². The first-order valence-corrected chi connectivity index (χ1v) is 11.1. The average molecular weight is 459 g/mol. The lowest BCUT2D eigenvalue weighted by Crippen LogP contribution is -2.29. The van der Waals surface area contributed by atoms with Crippen molar-refractivity contribution in [2.75, 3.05) is 11.5 Å². The van der Waals surface area contributed by atoms with Crippen LogP contribution < -0.4 is 14.4 Å². The molecular weight excluding hydrogens is 432 g/mol. The molecule has 2 aromatic carbocycles. The molecule has 34 heavy (non-hydrogen) atoms. The zero-order chi connectivity index (χ0) is 24.2. The highest BCUT2D eigenvalue weighted by Crippen LogP contribution is 2.42. The molecule has 1 fully saturated rings. The summed E-state index contributed by atoms with van der Waals surface area (Å²) < 4.78 is 11.2. The maximum absolute atomic E-state index is 13.2. The molecule has 0 radical (unpaired) electrons. The Labute approximate surface area is 198 Å². The second-order valence-electron chi connectivity index (χ2n) is 8.07. The van der Waals surface area contributed by atoms with Gasteiger partial charge < -0.3 is 14.6 Å². The fourth-order valence-electron chi connectivity index (χ4n) is 3.95. The molecule has 1 aliphatic rings. The van der Waals surface area contributed by atoms with Gasteiger partial charge >= 0.3 is 0 Å². The van der Waals surface area contributed by atoms with E-state index in [1.54, 1.807) is 60.7 Å². The quantitative estimate of drug-likeness (QED) is 0.308. The summed E-state index contributed by atoms with van der Waals surface area (Å²) in [5.41, 5.74) is 1.61. The third kappa shape index (κ3) is 4.50. The van der Waals surface area contributed by atoms with Crippen LogP contribution in [0.4, 0.5) is 5.69 Å². The Morgan fingerprint density at radius 3 is 2.18 bits per heavy atom. The molecule has 0 saturated carbocycles. The molecule has 2 heterocycles. The molecule has 1 saturated heterocycles. The number of pyridine rings is 1. The summed E-state index contributed by atoms with van der Waals surface area (Å²) in [7, 11) is 0. The Morgan fingerprint density at radius 1 is 0.971 bits per heavy atom. The average Bonchev–Trinajstić information content (AvgIpc) is 3.10. The lowest BCUT2D eigenvalue weighted by molar-refractivity contribution is -0.132. The van der Waals surface area contributed by atoms with Gasteiger partial charge in [0.25, 0.3) is 11.7 Å². The largest absolute Gasteiger partial charge is 0.507 e. The van der Waals surface area contributed by atoms with E-state index in [0.717, 1.165) is 0 Å². The van der Waals surface area contributed by atoms with Crippen molar-refractivity contribution in [3.8, 4) is 11.5 Å². The van der Waals surface area contributed by atoms with Crippen LogP contribution in [0.5, 0.6) is 11.5 Å². The summed E-state index contributed by atoms with van der Waals surface area (Å²) in [6, 6.07) is 16.5. The first-order valence-electron chi connectivity index (χ1n) is 11.1. The van der Waals surface area contributed by atoms with Crippen molar-refractivity contribution in [2.45, 2.75) is 32.9 Å². The van der Waals surface area contributed by atoms with Gasteiger partial charge in [-0.05, 0) is 74.9 Å². The number of nitrogens with zero attached hydrogens (tertiary/aromatic N) is 2. The van der Waals surface area contributed by atoms with E-state index in [1.807, 2.05) is 20.8 Å². The van der Waals surface area contributed by atoms with Gasteiger partial charge in [0.1, 0.15) is 17.3 Å². The van der Waals surface area contributed by atoms with Gasteiger partial charge in [0.05, 0.1) is 24.3 Å². The van der Waals surface area contributed by atoms with E-state index in [0.29, 0.717) is 34.9 Å². The van der Waals surface area contributed by atoms with E-state index >= 15 is 0 Å². The molecule has 0 spiro atoms. The molecular formula is C27H26N2O5. The van der Waals surface area contributed by atoms with E-state index in [2.05, 4.69) is 4.98 Å². The summed E-state index contributed by atoms with van der Waals surface area (Å²) in [4.78, 5) is 31.8. The van der Waals surface area contributed by atoms with Crippen LogP contribution in [-0.2, 0) is 9.59 Å². The monoisotopic (exact) mass is 458 g/mol. The predicted molar refractivity (Wildman–Crippen MR) is 129 cm³/mol. The number of hydrogen-bond acceptors (Lipinski definition) is 6. The number of amides is 1. The molecule has 7 heteroatoms. The number of ketones is 1. The van der Waals surface area contributed by atoms with Crippen molar-refractivity contribution in [1.82, 2.24) is 4.98 Å². The van der Waals surface area contributed by atoms with E-state index < -0.39 is 17.7 Å². The number of aliphatic hydroxyl groups excluding tert-OH is 1. The number of anilines is 1. The van der Waals surface area contributed by atoms with Crippen LogP contribution in [0.15, 0.2) is 78.6 Å².